The SMILES string of the molecule is CC.CCC(C)C1=NC(C)(C)CO1. The third-order valence-corrected chi connectivity index (χ3v) is 2.02. The zero-order chi connectivity index (χ0) is 10.5. The molecule has 0 aromatic heterocycles. The zero-order valence-corrected chi connectivity index (χ0v) is 9.85. The van der Waals surface area contributed by atoms with Crippen LogP contribution in [0.3, 0.4) is 0 Å². The van der Waals surface area contributed by atoms with Crippen LogP contribution in [0.4, 0.5) is 0 Å². The van der Waals surface area contributed by atoms with Crippen LogP contribution in [-0.4, -0.2) is 18.0 Å². The Kier molecular flexibility index (Phi) is 5.04. The van der Waals surface area contributed by atoms with Crippen molar-refractivity contribution in [2.24, 2.45) is 10.9 Å². The molecule has 1 aliphatic heterocycles. The second-order valence-electron chi connectivity index (χ2n) is 3.86. The molecule has 0 N–H and O–H groups in total. The van der Waals surface area contributed by atoms with E-state index in [1.807, 2.05) is 13.8 Å². The Bertz CT molecular complexity index is 173. The van der Waals surface area contributed by atoms with E-state index in [0.717, 1.165) is 18.9 Å². The summed E-state index contributed by atoms with van der Waals surface area (Å²) >= 11 is 0. The highest BCUT2D eigenvalue weighted by Gasteiger charge is 2.28. The van der Waals surface area contributed by atoms with Gasteiger partial charge in [0.05, 0.1) is 5.54 Å². The predicted molar refractivity (Wildman–Crippen MR) is 58.3 cm³/mol. The highest BCUT2D eigenvalue weighted by atomic mass is 16.5. The van der Waals surface area contributed by atoms with E-state index in [0.29, 0.717) is 5.92 Å². The Morgan fingerprint density at radius 3 is 2.31 bits per heavy atom. The van der Waals surface area contributed by atoms with Gasteiger partial charge >= 0.3 is 0 Å². The maximum Gasteiger partial charge on any atom is 0.186 e. The van der Waals surface area contributed by atoms with Crippen molar-refractivity contribution in [3.63, 3.8) is 0 Å². The summed E-state index contributed by atoms with van der Waals surface area (Å²) < 4.78 is 5.47. The molecule has 0 radical (unpaired) electrons. The number of aliphatic imine (C=N–C) groups is 1. The molecule has 13 heavy (non-hydrogen) atoms. The van der Waals surface area contributed by atoms with E-state index in [9.17, 15) is 0 Å². The topological polar surface area (TPSA) is 21.6 Å². The Labute approximate surface area is 82.4 Å². The van der Waals surface area contributed by atoms with Crippen molar-refractivity contribution in [1.29, 1.82) is 0 Å². The molecule has 0 bridgehead atoms. The number of nitrogens with zero attached hydrogens (tertiary/aromatic N) is 1. The van der Waals surface area contributed by atoms with Crippen LogP contribution in [0.1, 0.15) is 48.0 Å². The first-order valence-corrected chi connectivity index (χ1v) is 5.27. The molecular weight excluding hydrogens is 162 g/mol. The average Bonchev–Trinajstić information content (AvgIpc) is 2.48. The summed E-state index contributed by atoms with van der Waals surface area (Å²) in [5, 5.41) is 0. The van der Waals surface area contributed by atoms with Gasteiger partial charge in [0.1, 0.15) is 6.61 Å². The summed E-state index contributed by atoms with van der Waals surface area (Å²) in [6.07, 6.45) is 1.11. The molecule has 0 amide bonds. The lowest BCUT2D eigenvalue weighted by atomic mass is 10.1. The summed E-state index contributed by atoms with van der Waals surface area (Å²) in [4.78, 5) is 4.49. The summed E-state index contributed by atoms with van der Waals surface area (Å²) in [6.45, 7) is 13.2. The van der Waals surface area contributed by atoms with Crippen LogP contribution in [0.5, 0.6) is 0 Å². The summed E-state index contributed by atoms with van der Waals surface area (Å²) in [6, 6.07) is 0. The molecule has 1 rings (SSSR count). The Hall–Kier alpha value is -0.530. The van der Waals surface area contributed by atoms with Crippen molar-refractivity contribution in [1.82, 2.24) is 0 Å². The Morgan fingerprint density at radius 1 is 1.46 bits per heavy atom. The van der Waals surface area contributed by atoms with Crippen LogP contribution in [0.2, 0.25) is 0 Å². The Morgan fingerprint density at radius 2 is 2.00 bits per heavy atom. The smallest absolute Gasteiger partial charge is 0.186 e. The van der Waals surface area contributed by atoms with Gasteiger partial charge in [0.25, 0.3) is 0 Å². The minimum Gasteiger partial charge on any atom is -0.478 e. The molecule has 0 aliphatic carbocycles. The highest BCUT2D eigenvalue weighted by Crippen LogP contribution is 2.21. The number of hydrogen-bond acceptors (Lipinski definition) is 2. The van der Waals surface area contributed by atoms with Crippen LogP contribution in [-0.2, 0) is 4.74 Å². The summed E-state index contributed by atoms with van der Waals surface area (Å²) in [7, 11) is 0. The van der Waals surface area contributed by atoms with Crippen LogP contribution in [0, 0.1) is 5.92 Å². The Balaban J connectivity index is 0.000000671. The van der Waals surface area contributed by atoms with Gasteiger partial charge < -0.3 is 4.74 Å². The molecule has 1 atom stereocenters. The van der Waals surface area contributed by atoms with Crippen molar-refractivity contribution in [3.8, 4) is 0 Å². The molecule has 2 heteroatoms. The molecule has 1 aliphatic rings. The van der Waals surface area contributed by atoms with Gasteiger partial charge in [0.15, 0.2) is 5.90 Å². The van der Waals surface area contributed by atoms with Crippen molar-refractivity contribution in [2.75, 3.05) is 6.61 Å². The molecule has 1 heterocycles. The molecule has 0 saturated carbocycles. The van der Waals surface area contributed by atoms with Crippen LogP contribution < -0.4 is 0 Å². The first-order valence-electron chi connectivity index (χ1n) is 5.27. The first-order chi connectivity index (χ1) is 6.05. The quantitative estimate of drug-likeness (QED) is 0.647. The normalized spacial score (nSPS) is 20.9. The third-order valence-electron chi connectivity index (χ3n) is 2.02. The average molecular weight is 185 g/mol. The van der Waals surface area contributed by atoms with Crippen molar-refractivity contribution >= 4 is 5.90 Å². The number of rotatable bonds is 2. The van der Waals surface area contributed by atoms with Crippen molar-refractivity contribution < 1.29 is 4.74 Å². The molecule has 0 saturated heterocycles. The van der Waals surface area contributed by atoms with Crippen LogP contribution >= 0.6 is 0 Å². The standard InChI is InChI=1S/C9H17NO.C2H6/c1-5-7(2)8-10-9(3,4)6-11-8;1-2/h7H,5-6H2,1-4H3;1-2H3. The van der Waals surface area contributed by atoms with E-state index in [1.165, 1.54) is 0 Å². The van der Waals surface area contributed by atoms with E-state index < -0.39 is 0 Å². The van der Waals surface area contributed by atoms with Crippen LogP contribution in [0.25, 0.3) is 0 Å². The fraction of sp³-hybridized carbons (Fsp3) is 0.909. The maximum absolute atomic E-state index is 5.47. The van der Waals surface area contributed by atoms with Gasteiger partial charge in [-0.2, -0.15) is 0 Å². The third kappa shape index (κ3) is 3.79. The molecule has 78 valence electrons. The lowest BCUT2D eigenvalue weighted by Crippen LogP contribution is -2.17. The van der Waals surface area contributed by atoms with E-state index in [-0.39, 0.29) is 5.54 Å². The summed E-state index contributed by atoms with van der Waals surface area (Å²) in [5.41, 5.74) is 0.0127. The highest BCUT2D eigenvalue weighted by molar-refractivity contribution is 5.80. The summed E-state index contributed by atoms with van der Waals surface area (Å²) in [5.74, 6) is 1.43. The van der Waals surface area contributed by atoms with Gasteiger partial charge in [-0.25, -0.2) is 4.99 Å². The predicted octanol–water partition coefficient (Wildman–Crippen LogP) is 3.27. The fourth-order valence-electron chi connectivity index (χ4n) is 1.04. The molecule has 0 fully saturated rings. The number of hydrogen-bond donors (Lipinski definition) is 0. The van der Waals surface area contributed by atoms with Crippen molar-refractivity contribution in [3.05, 3.63) is 0 Å². The molecule has 0 aromatic carbocycles. The van der Waals surface area contributed by atoms with Crippen molar-refractivity contribution in [2.45, 2.75) is 53.5 Å². The molecule has 0 aromatic rings. The molecular formula is C11H23NO. The van der Waals surface area contributed by atoms with E-state index in [1.54, 1.807) is 0 Å². The van der Waals surface area contributed by atoms with E-state index >= 15 is 0 Å². The van der Waals surface area contributed by atoms with Gasteiger partial charge in [-0.3, -0.25) is 0 Å². The maximum atomic E-state index is 5.47. The van der Waals surface area contributed by atoms with Gasteiger partial charge in [-0.15, -0.1) is 0 Å². The lowest BCUT2D eigenvalue weighted by Gasteiger charge is -2.07. The monoisotopic (exact) mass is 185 g/mol. The van der Waals surface area contributed by atoms with Gasteiger partial charge in [-0.1, -0.05) is 27.7 Å². The fourth-order valence-corrected chi connectivity index (χ4v) is 1.04. The molecule has 0 spiro atoms. The zero-order valence-electron chi connectivity index (χ0n) is 9.85. The van der Waals surface area contributed by atoms with Gasteiger partial charge in [0, 0.05) is 5.92 Å². The lowest BCUT2D eigenvalue weighted by molar-refractivity contribution is 0.266. The minimum atomic E-state index is 0.0127. The van der Waals surface area contributed by atoms with Crippen LogP contribution in [0.15, 0.2) is 4.99 Å². The largest absolute Gasteiger partial charge is 0.478 e. The second kappa shape index (κ2) is 5.25. The van der Waals surface area contributed by atoms with Gasteiger partial charge in [-0.05, 0) is 20.3 Å². The van der Waals surface area contributed by atoms with E-state index in [2.05, 4.69) is 32.7 Å². The minimum absolute atomic E-state index is 0.0127. The van der Waals surface area contributed by atoms with E-state index in [4.69, 9.17) is 4.74 Å². The molecule has 1 unspecified atom stereocenters. The first kappa shape index (κ1) is 12.5. The second-order valence-corrected chi connectivity index (χ2v) is 3.86. The molecule has 2 nitrogen and oxygen atoms in total. The number of ether oxygens (including phenoxy) is 1. The van der Waals surface area contributed by atoms with Gasteiger partial charge in [0.2, 0.25) is 0 Å².